The zero-order valence-electron chi connectivity index (χ0n) is 11.3. The van der Waals surface area contributed by atoms with E-state index >= 15 is 0 Å². The van der Waals surface area contributed by atoms with Crippen molar-refractivity contribution in [1.82, 2.24) is 4.90 Å². The van der Waals surface area contributed by atoms with E-state index < -0.39 is 4.92 Å². The van der Waals surface area contributed by atoms with Crippen molar-refractivity contribution in [3.05, 3.63) is 38.9 Å². The molecule has 108 valence electrons. The smallest absolute Gasteiger partial charge is 0.270 e. The van der Waals surface area contributed by atoms with Gasteiger partial charge in [0.05, 0.1) is 15.5 Å². The number of nitrogens with zero attached hydrogens (tertiary/aromatic N) is 2. The Morgan fingerprint density at radius 3 is 2.90 bits per heavy atom. The third kappa shape index (κ3) is 2.93. The lowest BCUT2D eigenvalue weighted by Crippen LogP contribution is -2.43. The Hall–Kier alpha value is -1.62. The van der Waals surface area contributed by atoms with E-state index in [1.807, 2.05) is 6.92 Å². The largest absolute Gasteiger partial charge is 0.336 e. The fraction of sp³-hybridized carbons (Fsp3) is 0.500. The molecule has 1 aromatic rings. The van der Waals surface area contributed by atoms with Gasteiger partial charge >= 0.3 is 0 Å². The van der Waals surface area contributed by atoms with Crippen LogP contribution in [0.4, 0.5) is 5.69 Å². The molecule has 0 aromatic heterocycles. The summed E-state index contributed by atoms with van der Waals surface area (Å²) in [6.45, 7) is 2.74. The van der Waals surface area contributed by atoms with E-state index in [1.54, 1.807) is 4.90 Å². The van der Waals surface area contributed by atoms with Crippen molar-refractivity contribution in [2.24, 2.45) is 0 Å². The lowest BCUT2D eigenvalue weighted by atomic mass is 9.99. The maximum atomic E-state index is 12.6. The van der Waals surface area contributed by atoms with Gasteiger partial charge in [-0.3, -0.25) is 14.9 Å². The molecule has 1 aliphatic heterocycles. The Bertz CT molecular complexity index is 533. The molecule has 1 aliphatic rings. The second-order valence-electron chi connectivity index (χ2n) is 4.98. The molecule has 1 amide bonds. The van der Waals surface area contributed by atoms with Crippen LogP contribution in [0.25, 0.3) is 0 Å². The molecule has 20 heavy (non-hydrogen) atoms. The number of carbonyl (C=O) groups is 1. The Balaban J connectivity index is 2.32. The van der Waals surface area contributed by atoms with Gasteiger partial charge in [0.25, 0.3) is 11.6 Å². The summed E-state index contributed by atoms with van der Waals surface area (Å²) in [5.74, 6) is -0.203. The molecule has 0 aliphatic carbocycles. The van der Waals surface area contributed by atoms with E-state index in [9.17, 15) is 14.9 Å². The Kier molecular flexibility index (Phi) is 4.60. The minimum Gasteiger partial charge on any atom is -0.336 e. The average molecular weight is 297 g/mol. The van der Waals surface area contributed by atoms with Gasteiger partial charge in [-0.15, -0.1) is 0 Å². The number of piperidine rings is 1. The highest BCUT2D eigenvalue weighted by molar-refractivity contribution is 6.33. The Labute approximate surface area is 122 Å². The minimum absolute atomic E-state index is 0.109. The summed E-state index contributed by atoms with van der Waals surface area (Å²) >= 11 is 6.04. The van der Waals surface area contributed by atoms with Crippen LogP contribution < -0.4 is 0 Å². The molecule has 6 heteroatoms. The van der Waals surface area contributed by atoms with Crippen LogP contribution >= 0.6 is 11.6 Å². The van der Waals surface area contributed by atoms with Crippen molar-refractivity contribution < 1.29 is 9.72 Å². The van der Waals surface area contributed by atoms with Crippen molar-refractivity contribution in [3.8, 4) is 0 Å². The topological polar surface area (TPSA) is 63.5 Å². The molecule has 1 heterocycles. The first-order valence-corrected chi connectivity index (χ1v) is 7.17. The highest BCUT2D eigenvalue weighted by Gasteiger charge is 2.28. The third-order valence-corrected chi connectivity index (χ3v) is 4.08. The van der Waals surface area contributed by atoms with Gasteiger partial charge in [0, 0.05) is 24.7 Å². The highest BCUT2D eigenvalue weighted by Crippen LogP contribution is 2.27. The van der Waals surface area contributed by atoms with Gasteiger partial charge in [-0.2, -0.15) is 0 Å². The maximum absolute atomic E-state index is 12.6. The molecule has 0 N–H and O–H groups in total. The molecule has 0 unspecified atom stereocenters. The van der Waals surface area contributed by atoms with Crippen LogP contribution in [-0.4, -0.2) is 28.3 Å². The summed E-state index contributed by atoms with van der Waals surface area (Å²) in [7, 11) is 0. The van der Waals surface area contributed by atoms with Crippen LogP contribution in [-0.2, 0) is 0 Å². The lowest BCUT2D eigenvalue weighted by Gasteiger charge is -2.35. The first kappa shape index (κ1) is 14.8. The number of halogens is 1. The summed E-state index contributed by atoms with van der Waals surface area (Å²) in [5.41, 5.74) is 0.115. The van der Waals surface area contributed by atoms with E-state index in [0.29, 0.717) is 6.54 Å². The third-order valence-electron chi connectivity index (χ3n) is 3.75. The van der Waals surface area contributed by atoms with Crippen LogP contribution in [0.3, 0.4) is 0 Å². The van der Waals surface area contributed by atoms with Crippen molar-refractivity contribution in [3.63, 3.8) is 0 Å². The van der Waals surface area contributed by atoms with Crippen molar-refractivity contribution >= 4 is 23.2 Å². The van der Waals surface area contributed by atoms with Crippen LogP contribution in [0.15, 0.2) is 18.2 Å². The van der Waals surface area contributed by atoms with Gasteiger partial charge in [0.15, 0.2) is 0 Å². The summed E-state index contributed by atoms with van der Waals surface area (Å²) < 4.78 is 0. The van der Waals surface area contributed by atoms with Gasteiger partial charge in [-0.05, 0) is 31.7 Å². The second kappa shape index (κ2) is 6.22. The van der Waals surface area contributed by atoms with Crippen LogP contribution in [0, 0.1) is 10.1 Å². The number of likely N-dealkylation sites (tertiary alicyclic amines) is 1. The van der Waals surface area contributed by atoms with Crippen molar-refractivity contribution in [2.45, 2.75) is 38.6 Å². The van der Waals surface area contributed by atoms with Gasteiger partial charge in [-0.1, -0.05) is 18.5 Å². The number of amides is 1. The number of nitro groups is 1. The summed E-state index contributed by atoms with van der Waals surface area (Å²) in [6, 6.07) is 4.20. The number of carbonyl (C=O) groups excluding carboxylic acids is 1. The second-order valence-corrected chi connectivity index (χ2v) is 5.38. The number of non-ortho nitro benzene ring substituents is 1. The molecule has 5 nitrogen and oxygen atoms in total. The first-order chi connectivity index (χ1) is 9.54. The van der Waals surface area contributed by atoms with E-state index in [1.165, 1.54) is 18.2 Å². The zero-order chi connectivity index (χ0) is 14.7. The molecule has 1 atom stereocenters. The first-order valence-electron chi connectivity index (χ1n) is 6.79. The normalized spacial score (nSPS) is 18.9. The minimum atomic E-state index is -0.513. The van der Waals surface area contributed by atoms with Crippen LogP contribution in [0.1, 0.15) is 43.0 Å². The quantitative estimate of drug-likeness (QED) is 0.631. The number of benzene rings is 1. The van der Waals surface area contributed by atoms with Gasteiger partial charge in [0.2, 0.25) is 0 Å². The molecule has 0 bridgehead atoms. The van der Waals surface area contributed by atoms with E-state index in [4.69, 9.17) is 11.6 Å². The molecule has 0 saturated carbocycles. The molecule has 2 rings (SSSR count). The fourth-order valence-electron chi connectivity index (χ4n) is 2.64. The van der Waals surface area contributed by atoms with E-state index in [0.717, 1.165) is 25.7 Å². The van der Waals surface area contributed by atoms with Gasteiger partial charge in [0.1, 0.15) is 0 Å². The zero-order valence-corrected chi connectivity index (χ0v) is 12.1. The molecule has 1 saturated heterocycles. The molecular weight excluding hydrogens is 280 g/mol. The Morgan fingerprint density at radius 1 is 1.50 bits per heavy atom. The number of hydrogen-bond acceptors (Lipinski definition) is 3. The molecule has 1 fully saturated rings. The summed E-state index contributed by atoms with van der Waals surface area (Å²) in [5, 5.41) is 11.1. The predicted molar refractivity (Wildman–Crippen MR) is 77.1 cm³/mol. The standard InChI is InChI=1S/C14H17ClN2O3/c1-2-10-5-3-4-8-16(10)14(18)12-9-11(17(19)20)6-7-13(12)15/h6-7,9-10H,2-5,8H2,1H3/t10-/m1/s1. The molecular formula is C14H17ClN2O3. The Morgan fingerprint density at radius 2 is 2.25 bits per heavy atom. The monoisotopic (exact) mass is 296 g/mol. The molecule has 1 aromatic carbocycles. The lowest BCUT2D eigenvalue weighted by molar-refractivity contribution is -0.384. The maximum Gasteiger partial charge on any atom is 0.270 e. The van der Waals surface area contributed by atoms with Crippen molar-refractivity contribution in [2.75, 3.05) is 6.54 Å². The number of nitro benzene ring substituents is 1. The van der Waals surface area contributed by atoms with Gasteiger partial charge < -0.3 is 4.90 Å². The SMILES string of the molecule is CC[C@@H]1CCCCN1C(=O)c1cc([N+](=O)[O-])ccc1Cl. The summed E-state index contributed by atoms with van der Waals surface area (Å²) in [6.07, 6.45) is 3.95. The number of rotatable bonds is 3. The average Bonchev–Trinajstić information content (AvgIpc) is 2.46. The van der Waals surface area contributed by atoms with Crippen molar-refractivity contribution in [1.29, 1.82) is 0 Å². The van der Waals surface area contributed by atoms with Crippen LogP contribution in [0.2, 0.25) is 5.02 Å². The highest BCUT2D eigenvalue weighted by atomic mass is 35.5. The van der Waals surface area contributed by atoms with Gasteiger partial charge in [-0.25, -0.2) is 0 Å². The van der Waals surface area contributed by atoms with E-state index in [2.05, 4.69) is 0 Å². The predicted octanol–water partition coefficient (Wildman–Crippen LogP) is 3.65. The summed E-state index contributed by atoms with van der Waals surface area (Å²) in [4.78, 5) is 24.7. The fourth-order valence-corrected chi connectivity index (χ4v) is 2.84. The molecule has 0 spiro atoms. The number of hydrogen-bond donors (Lipinski definition) is 0. The van der Waals surface area contributed by atoms with Crippen LogP contribution in [0.5, 0.6) is 0 Å². The van der Waals surface area contributed by atoms with E-state index in [-0.39, 0.29) is 28.2 Å². The molecule has 0 radical (unpaired) electrons.